The second-order valence-corrected chi connectivity index (χ2v) is 7.03. The molecule has 0 fully saturated rings. The van der Waals surface area contributed by atoms with E-state index in [0.717, 1.165) is 18.2 Å². The van der Waals surface area contributed by atoms with E-state index in [1.807, 2.05) is 18.2 Å². The van der Waals surface area contributed by atoms with Gasteiger partial charge in [0.2, 0.25) is 0 Å². The number of nitrogens with one attached hydrogen (secondary N) is 2. The number of fused-ring (bicyclic) bond motifs is 1. The summed E-state index contributed by atoms with van der Waals surface area (Å²) in [5.41, 5.74) is 4.45. The molecule has 134 valence electrons. The van der Waals surface area contributed by atoms with Crippen LogP contribution in [-0.2, 0) is 17.6 Å². The molecule has 1 aliphatic carbocycles. The quantitative estimate of drug-likeness (QED) is 0.730. The van der Waals surface area contributed by atoms with Crippen molar-refractivity contribution >= 4 is 34.0 Å². The molecule has 5 nitrogen and oxygen atoms in total. The lowest BCUT2D eigenvalue weighted by molar-refractivity contribution is -0.122. The van der Waals surface area contributed by atoms with Gasteiger partial charge in [-0.05, 0) is 65.9 Å². The van der Waals surface area contributed by atoms with E-state index in [4.69, 9.17) is 4.74 Å². The van der Waals surface area contributed by atoms with E-state index in [9.17, 15) is 9.59 Å². The molecular formula is C22H18N2O3. The van der Waals surface area contributed by atoms with Gasteiger partial charge in [-0.3, -0.25) is 9.59 Å². The van der Waals surface area contributed by atoms with Gasteiger partial charge in [-0.1, -0.05) is 24.3 Å². The maximum atomic E-state index is 12.9. The Balaban J connectivity index is 1.48. The predicted octanol–water partition coefficient (Wildman–Crippen LogP) is 3.91. The van der Waals surface area contributed by atoms with Crippen LogP contribution in [0.1, 0.15) is 28.4 Å². The standard InChI is InChI=1S/C22H18N2O3/c1-12-21(25)24-18-11-15(8-10-19(18)27-12)23-22(26)17-9-7-14-6-5-13-3-2-4-16(17)20(13)14/h2-4,7-12H,5-6H2,1H3,(H,23,26)(H,24,25)/t12-/m1/s1. The summed E-state index contributed by atoms with van der Waals surface area (Å²) < 4.78 is 5.55. The van der Waals surface area contributed by atoms with E-state index >= 15 is 0 Å². The first-order chi connectivity index (χ1) is 13.1. The van der Waals surface area contributed by atoms with Gasteiger partial charge in [-0.25, -0.2) is 0 Å². The van der Waals surface area contributed by atoms with Gasteiger partial charge >= 0.3 is 0 Å². The highest BCUT2D eigenvalue weighted by Crippen LogP contribution is 2.34. The number of rotatable bonds is 2. The first-order valence-corrected chi connectivity index (χ1v) is 9.06. The predicted molar refractivity (Wildman–Crippen MR) is 104 cm³/mol. The van der Waals surface area contributed by atoms with E-state index in [1.54, 1.807) is 25.1 Å². The molecule has 1 aliphatic heterocycles. The van der Waals surface area contributed by atoms with Gasteiger partial charge < -0.3 is 15.4 Å². The van der Waals surface area contributed by atoms with Gasteiger partial charge in [0.05, 0.1) is 5.69 Å². The van der Waals surface area contributed by atoms with Gasteiger partial charge in [0.15, 0.2) is 6.10 Å². The number of hydrogen-bond donors (Lipinski definition) is 2. The highest BCUT2D eigenvalue weighted by atomic mass is 16.5. The molecule has 0 unspecified atom stereocenters. The minimum atomic E-state index is -0.522. The second kappa shape index (κ2) is 5.84. The van der Waals surface area contributed by atoms with Crippen LogP contribution in [0.3, 0.4) is 0 Å². The molecule has 0 bridgehead atoms. The number of aryl methyl sites for hydroxylation is 2. The van der Waals surface area contributed by atoms with E-state index < -0.39 is 6.10 Å². The molecule has 5 rings (SSSR count). The van der Waals surface area contributed by atoms with Crippen LogP contribution < -0.4 is 15.4 Å². The molecule has 3 aromatic carbocycles. The lowest BCUT2D eigenvalue weighted by Crippen LogP contribution is -2.34. The Bertz CT molecular complexity index is 1110. The van der Waals surface area contributed by atoms with Crippen LogP contribution in [0.2, 0.25) is 0 Å². The number of amides is 2. The molecule has 0 radical (unpaired) electrons. The number of ether oxygens (including phenoxy) is 1. The van der Waals surface area contributed by atoms with Crippen molar-refractivity contribution in [3.05, 3.63) is 65.2 Å². The zero-order chi connectivity index (χ0) is 18.5. The molecule has 0 spiro atoms. The van der Waals surface area contributed by atoms with Crippen molar-refractivity contribution in [2.24, 2.45) is 0 Å². The third-order valence-electron chi connectivity index (χ3n) is 5.29. The summed E-state index contributed by atoms with van der Waals surface area (Å²) in [6, 6.07) is 15.4. The summed E-state index contributed by atoms with van der Waals surface area (Å²) in [5, 5.41) is 7.94. The van der Waals surface area contributed by atoms with Crippen LogP contribution in [0.4, 0.5) is 11.4 Å². The lowest BCUT2D eigenvalue weighted by atomic mass is 9.99. The fraction of sp³-hybridized carbons (Fsp3) is 0.182. The van der Waals surface area contributed by atoms with Gasteiger partial charge in [0.25, 0.3) is 11.8 Å². The largest absolute Gasteiger partial charge is 0.479 e. The summed E-state index contributed by atoms with van der Waals surface area (Å²) in [4.78, 5) is 24.7. The summed E-state index contributed by atoms with van der Waals surface area (Å²) in [5.74, 6) is 0.242. The number of anilines is 2. The molecule has 2 N–H and O–H groups in total. The zero-order valence-electron chi connectivity index (χ0n) is 14.8. The number of hydrogen-bond acceptors (Lipinski definition) is 3. The highest BCUT2D eigenvalue weighted by molar-refractivity contribution is 6.14. The van der Waals surface area contributed by atoms with Gasteiger partial charge in [-0.15, -0.1) is 0 Å². The molecule has 2 amide bonds. The number of carbonyl (C=O) groups is 2. The van der Waals surface area contributed by atoms with E-state index in [2.05, 4.69) is 22.8 Å². The molecule has 1 heterocycles. The summed E-state index contributed by atoms with van der Waals surface area (Å²) in [6.07, 6.45) is 1.54. The van der Waals surface area contributed by atoms with Gasteiger partial charge in [0.1, 0.15) is 5.75 Å². The van der Waals surface area contributed by atoms with Crippen LogP contribution in [0.25, 0.3) is 10.8 Å². The molecule has 27 heavy (non-hydrogen) atoms. The Morgan fingerprint density at radius 2 is 1.93 bits per heavy atom. The van der Waals surface area contributed by atoms with Crippen molar-refractivity contribution < 1.29 is 14.3 Å². The van der Waals surface area contributed by atoms with Crippen molar-refractivity contribution in [2.75, 3.05) is 10.6 Å². The Hall–Kier alpha value is -3.34. The van der Waals surface area contributed by atoms with E-state index in [0.29, 0.717) is 22.7 Å². The smallest absolute Gasteiger partial charge is 0.265 e. The molecule has 5 heteroatoms. The summed E-state index contributed by atoms with van der Waals surface area (Å²) in [6.45, 7) is 1.70. The third kappa shape index (κ3) is 2.54. The number of benzene rings is 3. The normalized spacial score (nSPS) is 17.2. The van der Waals surface area contributed by atoms with Gasteiger partial charge in [0, 0.05) is 11.3 Å². The first kappa shape index (κ1) is 15.9. The fourth-order valence-corrected chi connectivity index (χ4v) is 3.93. The van der Waals surface area contributed by atoms with Crippen LogP contribution in [-0.4, -0.2) is 17.9 Å². The van der Waals surface area contributed by atoms with Crippen molar-refractivity contribution in [1.82, 2.24) is 0 Å². The summed E-state index contributed by atoms with van der Waals surface area (Å²) >= 11 is 0. The monoisotopic (exact) mass is 358 g/mol. The van der Waals surface area contributed by atoms with E-state index in [1.165, 1.54) is 16.5 Å². The van der Waals surface area contributed by atoms with Crippen molar-refractivity contribution in [3.8, 4) is 5.75 Å². The first-order valence-electron chi connectivity index (χ1n) is 9.06. The molecule has 0 aromatic heterocycles. The van der Waals surface area contributed by atoms with Crippen LogP contribution in [0.15, 0.2) is 48.5 Å². The van der Waals surface area contributed by atoms with Gasteiger partial charge in [-0.2, -0.15) is 0 Å². The summed E-state index contributed by atoms with van der Waals surface area (Å²) in [7, 11) is 0. The zero-order valence-corrected chi connectivity index (χ0v) is 14.8. The van der Waals surface area contributed by atoms with Crippen LogP contribution >= 0.6 is 0 Å². The maximum absolute atomic E-state index is 12.9. The lowest BCUT2D eigenvalue weighted by Gasteiger charge is -2.23. The van der Waals surface area contributed by atoms with Crippen LogP contribution in [0.5, 0.6) is 5.75 Å². The molecule has 3 aromatic rings. The van der Waals surface area contributed by atoms with Crippen molar-refractivity contribution in [1.29, 1.82) is 0 Å². The SMILES string of the molecule is C[C@H]1Oc2ccc(NC(=O)c3ccc4c5c(cccc35)CC4)cc2NC1=O. The van der Waals surface area contributed by atoms with E-state index in [-0.39, 0.29) is 11.8 Å². The molecule has 1 atom stereocenters. The Labute approximate surface area is 156 Å². The Morgan fingerprint density at radius 3 is 2.78 bits per heavy atom. The average molecular weight is 358 g/mol. The average Bonchev–Trinajstić information content (AvgIpc) is 3.08. The van der Waals surface area contributed by atoms with Crippen LogP contribution in [0, 0.1) is 0 Å². The molecular weight excluding hydrogens is 340 g/mol. The van der Waals surface area contributed by atoms with Crippen molar-refractivity contribution in [3.63, 3.8) is 0 Å². The number of carbonyl (C=O) groups excluding carboxylic acids is 2. The Morgan fingerprint density at radius 1 is 1.11 bits per heavy atom. The molecule has 0 saturated carbocycles. The fourth-order valence-electron chi connectivity index (χ4n) is 3.93. The molecule has 0 saturated heterocycles. The third-order valence-corrected chi connectivity index (χ3v) is 5.29. The maximum Gasteiger partial charge on any atom is 0.265 e. The minimum absolute atomic E-state index is 0.165. The second-order valence-electron chi connectivity index (χ2n) is 7.03. The Kier molecular flexibility index (Phi) is 3.44. The highest BCUT2D eigenvalue weighted by Gasteiger charge is 2.24. The topological polar surface area (TPSA) is 67.4 Å². The van der Waals surface area contributed by atoms with Crippen molar-refractivity contribution in [2.45, 2.75) is 25.9 Å². The molecule has 2 aliphatic rings. The minimum Gasteiger partial charge on any atom is -0.479 e.